The van der Waals surface area contributed by atoms with Gasteiger partial charge in [0.25, 0.3) is 0 Å². The number of aliphatic hydroxyl groups excluding tert-OH is 1. The van der Waals surface area contributed by atoms with Gasteiger partial charge in [-0.1, -0.05) is 36.8 Å². The SMILES string of the molecule is C[C@@H]1OC(=O)[C@@H](N(C(=O)OC(C)(C)C)C(=O)OC(C)(C)C)CCC[C@H](Cc2ccccc2)[C@H]1O. The van der Waals surface area contributed by atoms with E-state index in [2.05, 4.69) is 0 Å². The predicted octanol–water partition coefficient (Wildman–Crippen LogP) is 4.86. The Morgan fingerprint density at radius 1 is 1.00 bits per heavy atom. The van der Waals surface area contributed by atoms with Crippen LogP contribution in [0.25, 0.3) is 0 Å². The summed E-state index contributed by atoms with van der Waals surface area (Å²) in [6, 6.07) is 8.57. The second-order valence-corrected chi connectivity index (χ2v) is 10.9. The number of carbonyl (C=O) groups is 3. The molecule has 0 radical (unpaired) electrons. The molecule has 1 aromatic rings. The van der Waals surface area contributed by atoms with Gasteiger partial charge in [0, 0.05) is 0 Å². The summed E-state index contributed by atoms with van der Waals surface area (Å²) < 4.78 is 16.4. The summed E-state index contributed by atoms with van der Waals surface area (Å²) in [5.74, 6) is -0.927. The molecule has 190 valence electrons. The van der Waals surface area contributed by atoms with E-state index < -0.39 is 47.6 Å². The molecule has 1 fully saturated rings. The average molecular weight is 478 g/mol. The van der Waals surface area contributed by atoms with Crippen LogP contribution >= 0.6 is 0 Å². The van der Waals surface area contributed by atoms with Crippen LogP contribution < -0.4 is 0 Å². The van der Waals surface area contributed by atoms with E-state index in [1.165, 1.54) is 0 Å². The number of ether oxygens (including phenoxy) is 3. The Bertz CT molecular complexity index is 813. The van der Waals surface area contributed by atoms with Crippen molar-refractivity contribution < 1.29 is 33.7 Å². The molecule has 1 aliphatic rings. The minimum Gasteiger partial charge on any atom is -0.458 e. The zero-order chi connectivity index (χ0) is 25.7. The van der Waals surface area contributed by atoms with E-state index in [4.69, 9.17) is 14.2 Å². The smallest absolute Gasteiger partial charge is 0.420 e. The van der Waals surface area contributed by atoms with Gasteiger partial charge in [-0.3, -0.25) is 0 Å². The highest BCUT2D eigenvalue weighted by molar-refractivity contribution is 5.94. The lowest BCUT2D eigenvalue weighted by atomic mass is 9.87. The molecule has 1 aromatic carbocycles. The van der Waals surface area contributed by atoms with E-state index in [1.807, 2.05) is 30.3 Å². The third-order valence-corrected chi connectivity index (χ3v) is 5.42. The standard InChI is InChI=1S/C26H39NO7/c1-17-21(28)19(16-18-12-9-8-10-13-18)14-11-15-20(22(29)32-17)27(23(30)33-25(2,3)4)24(31)34-26(5,6)7/h8-10,12-13,17,19-21,28H,11,14-16H2,1-7H3/t17-,19+,20-,21-/m0/s1. The third kappa shape index (κ3) is 8.31. The van der Waals surface area contributed by atoms with E-state index in [-0.39, 0.29) is 12.3 Å². The Labute approximate surface area is 202 Å². The first kappa shape index (κ1) is 27.6. The molecule has 0 aliphatic carbocycles. The lowest BCUT2D eigenvalue weighted by Crippen LogP contribution is -2.53. The molecule has 34 heavy (non-hydrogen) atoms. The van der Waals surface area contributed by atoms with Gasteiger partial charge in [-0.05, 0) is 79.2 Å². The van der Waals surface area contributed by atoms with E-state index in [0.717, 1.165) is 10.5 Å². The van der Waals surface area contributed by atoms with Gasteiger partial charge in [0.2, 0.25) is 0 Å². The summed E-state index contributed by atoms with van der Waals surface area (Å²) in [5, 5.41) is 10.9. The summed E-state index contributed by atoms with van der Waals surface area (Å²) in [5.41, 5.74) is -0.696. The van der Waals surface area contributed by atoms with Crippen LogP contribution in [0.4, 0.5) is 9.59 Å². The Balaban J connectivity index is 2.31. The van der Waals surface area contributed by atoms with Gasteiger partial charge in [0.05, 0.1) is 6.10 Å². The Morgan fingerprint density at radius 2 is 1.53 bits per heavy atom. The maximum Gasteiger partial charge on any atom is 0.420 e. The van der Waals surface area contributed by atoms with Crippen LogP contribution in [0.3, 0.4) is 0 Å². The van der Waals surface area contributed by atoms with Crippen molar-refractivity contribution >= 4 is 18.2 Å². The van der Waals surface area contributed by atoms with Crippen molar-refractivity contribution in [3.8, 4) is 0 Å². The fourth-order valence-corrected chi connectivity index (χ4v) is 3.90. The van der Waals surface area contributed by atoms with Crippen molar-refractivity contribution in [3.05, 3.63) is 35.9 Å². The van der Waals surface area contributed by atoms with E-state index >= 15 is 0 Å². The Hall–Kier alpha value is -2.61. The van der Waals surface area contributed by atoms with Crippen LogP contribution in [0, 0.1) is 5.92 Å². The quantitative estimate of drug-likeness (QED) is 0.490. The van der Waals surface area contributed by atoms with Gasteiger partial charge >= 0.3 is 18.2 Å². The summed E-state index contributed by atoms with van der Waals surface area (Å²) in [6.45, 7) is 11.7. The lowest BCUT2D eigenvalue weighted by Gasteiger charge is -2.32. The summed E-state index contributed by atoms with van der Waals surface area (Å²) in [7, 11) is 0. The second-order valence-electron chi connectivity index (χ2n) is 10.9. The average Bonchev–Trinajstić information content (AvgIpc) is 2.73. The molecular formula is C26H39NO7. The van der Waals surface area contributed by atoms with Crippen molar-refractivity contribution in [1.29, 1.82) is 0 Å². The van der Waals surface area contributed by atoms with Gasteiger partial charge in [-0.25, -0.2) is 14.4 Å². The maximum atomic E-state index is 13.1. The number of aliphatic hydroxyl groups is 1. The van der Waals surface area contributed by atoms with Crippen LogP contribution in [0.2, 0.25) is 0 Å². The van der Waals surface area contributed by atoms with Crippen molar-refractivity contribution in [1.82, 2.24) is 4.90 Å². The molecule has 1 aliphatic heterocycles. The molecule has 0 bridgehead atoms. The largest absolute Gasteiger partial charge is 0.458 e. The number of hydrogen-bond acceptors (Lipinski definition) is 7. The number of nitrogens with zero attached hydrogens (tertiary/aromatic N) is 1. The van der Waals surface area contributed by atoms with Gasteiger partial charge in [0.15, 0.2) is 0 Å². The number of benzene rings is 1. The van der Waals surface area contributed by atoms with Gasteiger partial charge < -0.3 is 19.3 Å². The number of cyclic esters (lactones) is 1. The van der Waals surface area contributed by atoms with Gasteiger partial charge in [0.1, 0.15) is 23.3 Å². The topological polar surface area (TPSA) is 102 Å². The fraction of sp³-hybridized carbons (Fsp3) is 0.654. The zero-order valence-corrected chi connectivity index (χ0v) is 21.4. The molecule has 8 heteroatoms. The molecule has 0 spiro atoms. The van der Waals surface area contributed by atoms with E-state index in [9.17, 15) is 19.5 Å². The highest BCUT2D eigenvalue weighted by atomic mass is 16.6. The normalized spacial score (nSPS) is 24.2. The van der Waals surface area contributed by atoms with Crippen molar-refractivity contribution in [2.75, 3.05) is 0 Å². The molecule has 8 nitrogen and oxygen atoms in total. The zero-order valence-electron chi connectivity index (χ0n) is 21.4. The van der Waals surface area contributed by atoms with Crippen LogP contribution in [-0.4, -0.2) is 57.6 Å². The van der Waals surface area contributed by atoms with Crippen molar-refractivity contribution in [2.24, 2.45) is 5.92 Å². The van der Waals surface area contributed by atoms with E-state index in [1.54, 1.807) is 48.5 Å². The number of amides is 2. The first-order valence-corrected chi connectivity index (χ1v) is 11.9. The third-order valence-electron chi connectivity index (χ3n) is 5.42. The molecule has 1 saturated heterocycles. The van der Waals surface area contributed by atoms with Crippen LogP contribution in [-0.2, 0) is 25.4 Å². The predicted molar refractivity (Wildman–Crippen MR) is 127 cm³/mol. The van der Waals surface area contributed by atoms with Gasteiger partial charge in [-0.15, -0.1) is 0 Å². The van der Waals surface area contributed by atoms with Gasteiger partial charge in [-0.2, -0.15) is 4.90 Å². The molecule has 0 aromatic heterocycles. The Morgan fingerprint density at radius 3 is 2.03 bits per heavy atom. The lowest BCUT2D eigenvalue weighted by molar-refractivity contribution is -0.160. The molecule has 4 atom stereocenters. The minimum atomic E-state index is -1.23. The molecular weight excluding hydrogens is 438 g/mol. The number of imide groups is 1. The molecule has 0 saturated carbocycles. The number of esters is 1. The summed E-state index contributed by atoms with van der Waals surface area (Å²) in [6.07, 6.45) is -1.79. The van der Waals surface area contributed by atoms with Crippen LogP contribution in [0.1, 0.15) is 73.3 Å². The van der Waals surface area contributed by atoms with Crippen molar-refractivity contribution in [2.45, 2.75) is 104 Å². The fourth-order valence-electron chi connectivity index (χ4n) is 3.90. The highest BCUT2D eigenvalue weighted by Crippen LogP contribution is 2.28. The Kier molecular flexibility index (Phi) is 9.11. The molecule has 0 unspecified atom stereocenters. The first-order valence-electron chi connectivity index (χ1n) is 11.9. The monoisotopic (exact) mass is 477 g/mol. The minimum absolute atomic E-state index is 0.152. The molecule has 1 N–H and O–H groups in total. The second kappa shape index (κ2) is 11.2. The van der Waals surface area contributed by atoms with Crippen LogP contribution in [0.15, 0.2) is 30.3 Å². The molecule has 2 amide bonds. The number of rotatable bonds is 3. The maximum absolute atomic E-state index is 13.1. The van der Waals surface area contributed by atoms with Crippen LogP contribution in [0.5, 0.6) is 0 Å². The van der Waals surface area contributed by atoms with Crippen molar-refractivity contribution in [3.63, 3.8) is 0 Å². The summed E-state index contributed by atoms with van der Waals surface area (Å²) >= 11 is 0. The highest BCUT2D eigenvalue weighted by Gasteiger charge is 2.43. The van der Waals surface area contributed by atoms with E-state index in [0.29, 0.717) is 19.3 Å². The molecule has 1 heterocycles. The first-order chi connectivity index (χ1) is 15.7. The number of hydrogen-bond donors (Lipinski definition) is 1. The summed E-state index contributed by atoms with van der Waals surface area (Å²) in [4.78, 5) is 39.9. The molecule has 2 rings (SSSR count). The number of carbonyl (C=O) groups excluding carboxylic acids is 3.